The minimum Gasteiger partial charge on any atom is -0.323 e. The molecule has 0 saturated carbocycles. The van der Waals surface area contributed by atoms with Gasteiger partial charge in [0.15, 0.2) is 10.8 Å². The zero-order valence-corrected chi connectivity index (χ0v) is 13.3. The van der Waals surface area contributed by atoms with Crippen LogP contribution in [-0.4, -0.2) is 19.5 Å². The Kier molecular flexibility index (Phi) is 3.67. The summed E-state index contributed by atoms with van der Waals surface area (Å²) in [5.74, 6) is 1.37. The van der Waals surface area contributed by atoms with E-state index in [1.165, 1.54) is 0 Å². The van der Waals surface area contributed by atoms with E-state index in [4.69, 9.17) is 0 Å². The van der Waals surface area contributed by atoms with Crippen molar-refractivity contribution in [2.45, 2.75) is 33.2 Å². The second-order valence-corrected chi connectivity index (χ2v) is 6.89. The van der Waals surface area contributed by atoms with Crippen molar-refractivity contribution in [3.05, 3.63) is 39.5 Å². The van der Waals surface area contributed by atoms with Gasteiger partial charge in [-0.05, 0) is 12.8 Å². The molecular weight excluding hydrogens is 288 g/mol. The van der Waals surface area contributed by atoms with Gasteiger partial charge in [0.1, 0.15) is 0 Å². The second-order valence-electron chi connectivity index (χ2n) is 4.97. The lowest BCUT2D eigenvalue weighted by Gasteiger charge is -2.03. The first kappa shape index (κ1) is 13.5. The van der Waals surface area contributed by atoms with Crippen LogP contribution in [0.2, 0.25) is 0 Å². The number of hydrogen-bond donors (Lipinski definition) is 0. The number of rotatable bonds is 4. The molecule has 3 rings (SSSR count). The number of nitrogens with zero attached hydrogens (tertiary/aromatic N) is 4. The number of hydrogen-bond acceptors (Lipinski definition) is 5. The molecule has 3 aromatic heterocycles. The van der Waals surface area contributed by atoms with E-state index in [0.29, 0.717) is 5.92 Å². The average Bonchev–Trinajstić information content (AvgIpc) is 3.10. The van der Waals surface area contributed by atoms with Crippen LogP contribution < -0.4 is 0 Å². The van der Waals surface area contributed by atoms with E-state index < -0.39 is 0 Å². The van der Waals surface area contributed by atoms with Gasteiger partial charge >= 0.3 is 0 Å². The molecule has 0 bridgehead atoms. The highest BCUT2D eigenvalue weighted by atomic mass is 32.1. The predicted molar refractivity (Wildman–Crippen MR) is 83.4 cm³/mol. The third kappa shape index (κ3) is 2.66. The lowest BCUT2D eigenvalue weighted by molar-refractivity contribution is 0.781. The molecule has 0 unspecified atom stereocenters. The summed E-state index contributed by atoms with van der Waals surface area (Å²) in [6.45, 7) is 7.09. The zero-order chi connectivity index (χ0) is 14.1. The fourth-order valence-corrected chi connectivity index (χ4v) is 3.54. The molecular formula is C14H16N4S2. The quantitative estimate of drug-likeness (QED) is 0.733. The van der Waals surface area contributed by atoms with Crippen molar-refractivity contribution in [3.8, 4) is 10.8 Å². The maximum Gasteiger partial charge on any atom is 0.169 e. The molecule has 0 aliphatic carbocycles. The van der Waals surface area contributed by atoms with Gasteiger partial charge in [0.05, 0.1) is 22.9 Å². The van der Waals surface area contributed by atoms with Gasteiger partial charge in [-0.15, -0.1) is 22.7 Å². The van der Waals surface area contributed by atoms with Crippen molar-refractivity contribution >= 4 is 22.7 Å². The summed E-state index contributed by atoms with van der Waals surface area (Å²) in [4.78, 5) is 13.6. The molecule has 0 amide bonds. The van der Waals surface area contributed by atoms with Crippen molar-refractivity contribution in [1.82, 2.24) is 19.5 Å². The minimum absolute atomic E-state index is 0.449. The third-order valence-corrected chi connectivity index (χ3v) is 4.70. The Morgan fingerprint density at radius 1 is 1.20 bits per heavy atom. The lowest BCUT2D eigenvalue weighted by Crippen LogP contribution is -2.01. The minimum atomic E-state index is 0.449. The first-order valence-electron chi connectivity index (χ1n) is 6.51. The van der Waals surface area contributed by atoms with Gasteiger partial charge in [-0.3, -0.25) is 0 Å². The fourth-order valence-electron chi connectivity index (χ4n) is 1.94. The van der Waals surface area contributed by atoms with Crippen LogP contribution in [0.1, 0.15) is 36.2 Å². The number of aryl methyl sites for hydroxylation is 1. The van der Waals surface area contributed by atoms with Gasteiger partial charge in [0.25, 0.3) is 0 Å². The molecule has 4 nitrogen and oxygen atoms in total. The van der Waals surface area contributed by atoms with E-state index in [0.717, 1.165) is 33.8 Å². The highest BCUT2D eigenvalue weighted by Crippen LogP contribution is 2.26. The number of aromatic nitrogens is 4. The SMILES string of the molecule is Cc1nc(Cn2ccnc2-c2nc(C(C)C)cs2)cs1. The molecule has 0 spiro atoms. The molecule has 3 heterocycles. The molecule has 6 heteroatoms. The lowest BCUT2D eigenvalue weighted by atomic mass is 10.2. The Labute approximate surface area is 126 Å². The molecule has 0 fully saturated rings. The van der Waals surface area contributed by atoms with Gasteiger partial charge in [-0.2, -0.15) is 0 Å². The largest absolute Gasteiger partial charge is 0.323 e. The Morgan fingerprint density at radius 3 is 2.70 bits per heavy atom. The summed E-state index contributed by atoms with van der Waals surface area (Å²) in [5.41, 5.74) is 2.21. The van der Waals surface area contributed by atoms with E-state index in [9.17, 15) is 0 Å². The van der Waals surface area contributed by atoms with E-state index >= 15 is 0 Å². The molecule has 104 valence electrons. The smallest absolute Gasteiger partial charge is 0.169 e. The van der Waals surface area contributed by atoms with Crippen LogP contribution in [0.3, 0.4) is 0 Å². The predicted octanol–water partition coefficient (Wildman–Crippen LogP) is 3.94. The summed E-state index contributed by atoms with van der Waals surface area (Å²) >= 11 is 3.33. The first-order chi connectivity index (χ1) is 9.63. The first-order valence-corrected chi connectivity index (χ1v) is 8.27. The highest BCUT2D eigenvalue weighted by molar-refractivity contribution is 7.13. The van der Waals surface area contributed by atoms with Crippen LogP contribution in [-0.2, 0) is 6.54 Å². The van der Waals surface area contributed by atoms with Gasteiger partial charge < -0.3 is 4.57 Å². The standard InChI is InChI=1S/C14H16N4S2/c1-9(2)12-8-20-14(17-12)13-15-4-5-18(13)6-11-7-19-10(3)16-11/h4-5,7-9H,6H2,1-3H3. The molecule has 0 N–H and O–H groups in total. The Hall–Kier alpha value is -1.53. The third-order valence-electron chi connectivity index (χ3n) is 3.02. The Morgan fingerprint density at radius 2 is 2.05 bits per heavy atom. The second kappa shape index (κ2) is 5.46. The van der Waals surface area contributed by atoms with Gasteiger partial charge in [-0.25, -0.2) is 15.0 Å². The van der Waals surface area contributed by atoms with E-state index in [1.54, 1.807) is 22.7 Å². The molecule has 0 saturated heterocycles. The van der Waals surface area contributed by atoms with Gasteiger partial charge in [-0.1, -0.05) is 13.8 Å². The van der Waals surface area contributed by atoms with Gasteiger partial charge in [0.2, 0.25) is 0 Å². The van der Waals surface area contributed by atoms with E-state index in [1.807, 2.05) is 19.3 Å². The molecule has 0 radical (unpaired) electrons. The van der Waals surface area contributed by atoms with Crippen molar-refractivity contribution in [3.63, 3.8) is 0 Å². The van der Waals surface area contributed by atoms with Crippen LogP contribution >= 0.6 is 22.7 Å². The molecule has 3 aromatic rings. The number of imidazole rings is 1. The van der Waals surface area contributed by atoms with Crippen molar-refractivity contribution in [2.24, 2.45) is 0 Å². The molecule has 0 aliphatic rings. The van der Waals surface area contributed by atoms with Crippen LogP contribution in [0, 0.1) is 6.92 Å². The average molecular weight is 304 g/mol. The summed E-state index contributed by atoms with van der Waals surface area (Å²) in [6.07, 6.45) is 3.81. The van der Waals surface area contributed by atoms with Crippen molar-refractivity contribution < 1.29 is 0 Å². The van der Waals surface area contributed by atoms with Crippen LogP contribution in [0.4, 0.5) is 0 Å². The number of thiazole rings is 2. The van der Waals surface area contributed by atoms with Crippen LogP contribution in [0.15, 0.2) is 23.2 Å². The summed E-state index contributed by atoms with van der Waals surface area (Å²) < 4.78 is 2.11. The maximum atomic E-state index is 4.68. The van der Waals surface area contributed by atoms with Crippen molar-refractivity contribution in [2.75, 3.05) is 0 Å². The highest BCUT2D eigenvalue weighted by Gasteiger charge is 2.13. The monoisotopic (exact) mass is 304 g/mol. The summed E-state index contributed by atoms with van der Waals surface area (Å²) in [5, 5.41) is 6.29. The van der Waals surface area contributed by atoms with Gasteiger partial charge in [0, 0.05) is 23.2 Å². The van der Waals surface area contributed by atoms with Crippen LogP contribution in [0.5, 0.6) is 0 Å². The molecule has 0 atom stereocenters. The summed E-state index contributed by atoms with van der Waals surface area (Å²) in [6, 6.07) is 0. The Bertz CT molecular complexity index is 708. The van der Waals surface area contributed by atoms with Crippen LogP contribution in [0.25, 0.3) is 10.8 Å². The van der Waals surface area contributed by atoms with Crippen molar-refractivity contribution in [1.29, 1.82) is 0 Å². The molecule has 0 aliphatic heterocycles. The Balaban J connectivity index is 1.89. The molecule has 0 aromatic carbocycles. The maximum absolute atomic E-state index is 4.68. The van der Waals surface area contributed by atoms with E-state index in [2.05, 4.69) is 44.1 Å². The normalized spacial score (nSPS) is 11.4. The zero-order valence-electron chi connectivity index (χ0n) is 11.7. The van der Waals surface area contributed by atoms with E-state index in [-0.39, 0.29) is 0 Å². The fraction of sp³-hybridized carbons (Fsp3) is 0.357. The molecule has 20 heavy (non-hydrogen) atoms. The summed E-state index contributed by atoms with van der Waals surface area (Å²) in [7, 11) is 0. The topological polar surface area (TPSA) is 43.6 Å².